The maximum Gasteiger partial charge on any atom is 0.243 e. The summed E-state index contributed by atoms with van der Waals surface area (Å²) in [7, 11) is 5.53. The van der Waals surface area contributed by atoms with Gasteiger partial charge < -0.3 is 19.9 Å². The molecular formula is C34H54Cl2N4O4S. The van der Waals surface area contributed by atoms with Crippen molar-refractivity contribution in [3.05, 3.63) is 33.8 Å². The van der Waals surface area contributed by atoms with Crippen LogP contribution in [-0.4, -0.2) is 103 Å². The fraction of sp³-hybridized carbons (Fsp3) is 0.706. The van der Waals surface area contributed by atoms with Gasteiger partial charge in [0.1, 0.15) is 12.3 Å². The summed E-state index contributed by atoms with van der Waals surface area (Å²) >= 11 is 14.4. The zero-order valence-corrected chi connectivity index (χ0v) is 30.4. The van der Waals surface area contributed by atoms with E-state index < -0.39 is 6.04 Å². The van der Waals surface area contributed by atoms with Gasteiger partial charge in [-0.15, -0.1) is 0 Å². The number of halogens is 2. The van der Waals surface area contributed by atoms with Gasteiger partial charge in [0.2, 0.25) is 17.7 Å². The van der Waals surface area contributed by atoms with Gasteiger partial charge in [0.15, 0.2) is 0 Å². The Labute approximate surface area is 285 Å². The number of rotatable bonds is 17. The molecular weight excluding hydrogens is 631 g/mol. The van der Waals surface area contributed by atoms with Gasteiger partial charge in [0.25, 0.3) is 0 Å². The van der Waals surface area contributed by atoms with Crippen LogP contribution in [-0.2, 0) is 25.6 Å². The number of unbranched alkanes of at least 4 members (excludes halogenated alkanes) is 1. The average Bonchev–Trinajstić information content (AvgIpc) is 3.67. The standard InChI is InChI=1S/C30H44Cl2N4O4S.C4H10/c1-34(2)27(19-22-18-23(31)11-12-25(22)32)30(40)36-14-6-7-24(36)20-41-16-5-4-8-26(29(39)33-13-15-37)35(3)28(38)17-21-9-10-21;1-4(2)3/h11-12,15,18,21,24,26-27H,4-10,13-14,16-17,19-20H2,1-3H3,(H,33,39);4H,1-3H3/t24?,26?,27-;/m0./s1. The zero-order valence-electron chi connectivity index (χ0n) is 28.0. The lowest BCUT2D eigenvalue weighted by Gasteiger charge is -2.32. The summed E-state index contributed by atoms with van der Waals surface area (Å²) < 4.78 is 0. The van der Waals surface area contributed by atoms with Crippen LogP contribution in [0.25, 0.3) is 0 Å². The molecule has 11 heteroatoms. The number of aldehydes is 1. The third-order valence-electron chi connectivity index (χ3n) is 8.00. The van der Waals surface area contributed by atoms with Crippen molar-refractivity contribution in [1.29, 1.82) is 0 Å². The molecule has 1 saturated heterocycles. The minimum absolute atomic E-state index is 0.00668. The number of benzene rings is 1. The molecule has 1 N–H and O–H groups in total. The van der Waals surface area contributed by atoms with Crippen LogP contribution < -0.4 is 5.32 Å². The number of hydrogen-bond donors (Lipinski definition) is 1. The third-order valence-corrected chi connectivity index (χ3v) is 9.80. The fourth-order valence-electron chi connectivity index (χ4n) is 5.30. The second-order valence-corrected chi connectivity index (χ2v) is 15.1. The third kappa shape index (κ3) is 14.2. The van der Waals surface area contributed by atoms with Gasteiger partial charge >= 0.3 is 0 Å². The lowest BCUT2D eigenvalue weighted by Crippen LogP contribution is -2.49. The summed E-state index contributed by atoms with van der Waals surface area (Å²) in [6, 6.07) is 4.67. The van der Waals surface area contributed by atoms with Gasteiger partial charge in [-0.2, -0.15) is 11.8 Å². The van der Waals surface area contributed by atoms with Crippen molar-refractivity contribution >= 4 is 59.0 Å². The van der Waals surface area contributed by atoms with E-state index in [-0.39, 0.29) is 36.3 Å². The van der Waals surface area contributed by atoms with E-state index >= 15 is 0 Å². The summed E-state index contributed by atoms with van der Waals surface area (Å²) in [5.41, 5.74) is 0.870. The Morgan fingerprint density at radius 3 is 2.38 bits per heavy atom. The zero-order chi connectivity index (χ0) is 33.5. The highest BCUT2D eigenvalue weighted by atomic mass is 35.5. The number of likely N-dealkylation sites (tertiary alicyclic amines) is 1. The monoisotopic (exact) mass is 684 g/mol. The molecule has 1 aliphatic heterocycles. The van der Waals surface area contributed by atoms with E-state index in [4.69, 9.17) is 23.2 Å². The largest absolute Gasteiger partial charge is 0.348 e. The maximum absolute atomic E-state index is 13.6. The molecule has 3 atom stereocenters. The molecule has 8 nitrogen and oxygen atoms in total. The summed E-state index contributed by atoms with van der Waals surface area (Å²) in [5, 5.41) is 3.84. The fourth-order valence-corrected chi connectivity index (χ4v) is 6.88. The second kappa shape index (κ2) is 20.4. The predicted molar refractivity (Wildman–Crippen MR) is 187 cm³/mol. The quantitative estimate of drug-likeness (QED) is 0.161. The lowest BCUT2D eigenvalue weighted by molar-refractivity contribution is -0.139. The number of carbonyl (C=O) groups is 4. The summed E-state index contributed by atoms with van der Waals surface area (Å²) in [6.07, 6.45) is 8.04. The van der Waals surface area contributed by atoms with E-state index in [0.717, 1.165) is 68.1 Å². The van der Waals surface area contributed by atoms with Crippen molar-refractivity contribution in [3.63, 3.8) is 0 Å². The smallest absolute Gasteiger partial charge is 0.243 e. The van der Waals surface area contributed by atoms with Crippen LogP contribution in [0.1, 0.15) is 77.7 Å². The molecule has 1 aliphatic carbocycles. The highest BCUT2D eigenvalue weighted by molar-refractivity contribution is 7.99. The van der Waals surface area contributed by atoms with Gasteiger partial charge in [-0.3, -0.25) is 19.3 Å². The van der Waals surface area contributed by atoms with Crippen LogP contribution >= 0.6 is 35.0 Å². The Kier molecular flexibility index (Phi) is 17.9. The first-order chi connectivity index (χ1) is 21.3. The van der Waals surface area contributed by atoms with E-state index in [2.05, 4.69) is 26.1 Å². The van der Waals surface area contributed by atoms with E-state index in [1.807, 2.05) is 41.7 Å². The van der Waals surface area contributed by atoms with Crippen molar-refractivity contribution < 1.29 is 19.2 Å². The SMILES string of the molecule is CC(C)C.CN(C(=O)CC1CC1)C(CCCCSCC1CCCN1C(=O)[C@H](Cc1cc(Cl)ccc1Cl)N(C)C)C(=O)NCC=O. The minimum Gasteiger partial charge on any atom is -0.348 e. The van der Waals surface area contributed by atoms with E-state index in [1.165, 1.54) is 0 Å². The first-order valence-corrected chi connectivity index (χ1v) is 18.2. The molecule has 254 valence electrons. The van der Waals surface area contributed by atoms with Crippen molar-refractivity contribution in [2.75, 3.05) is 45.7 Å². The van der Waals surface area contributed by atoms with Crippen LogP contribution in [0.5, 0.6) is 0 Å². The molecule has 3 amide bonds. The molecule has 45 heavy (non-hydrogen) atoms. The van der Waals surface area contributed by atoms with Crippen LogP contribution in [0.4, 0.5) is 0 Å². The average molecular weight is 686 g/mol. The van der Waals surface area contributed by atoms with Crippen molar-refractivity contribution in [3.8, 4) is 0 Å². The van der Waals surface area contributed by atoms with Crippen LogP contribution in [0.15, 0.2) is 18.2 Å². The maximum atomic E-state index is 13.6. The second-order valence-electron chi connectivity index (χ2n) is 13.1. The molecule has 2 fully saturated rings. The Bertz CT molecular complexity index is 1100. The number of hydrogen-bond acceptors (Lipinski definition) is 6. The highest BCUT2D eigenvalue weighted by Gasteiger charge is 2.35. The molecule has 1 aromatic carbocycles. The molecule has 0 radical (unpaired) electrons. The van der Waals surface area contributed by atoms with E-state index in [9.17, 15) is 19.2 Å². The lowest BCUT2D eigenvalue weighted by atomic mass is 10.0. The Morgan fingerprint density at radius 2 is 1.76 bits per heavy atom. The molecule has 0 bridgehead atoms. The van der Waals surface area contributed by atoms with Gasteiger partial charge in [-0.05, 0) is 100 Å². The Balaban J connectivity index is 0.00000166. The number of likely N-dealkylation sites (N-methyl/N-ethyl adjacent to an activating group) is 2. The number of thioether (sulfide) groups is 1. The Hall–Kier alpha value is -1.81. The van der Waals surface area contributed by atoms with E-state index in [0.29, 0.717) is 41.5 Å². The van der Waals surface area contributed by atoms with E-state index in [1.54, 1.807) is 24.1 Å². The number of amides is 3. The topological polar surface area (TPSA) is 90.0 Å². The number of carbonyl (C=O) groups excluding carboxylic acids is 4. The molecule has 2 unspecified atom stereocenters. The molecule has 1 aromatic rings. The summed E-state index contributed by atoms with van der Waals surface area (Å²) in [6.45, 7) is 7.21. The first-order valence-electron chi connectivity index (χ1n) is 16.3. The van der Waals surface area contributed by atoms with Gasteiger partial charge in [-0.1, -0.05) is 50.4 Å². The molecule has 0 aromatic heterocycles. The highest BCUT2D eigenvalue weighted by Crippen LogP contribution is 2.33. The first kappa shape index (κ1) is 39.4. The number of nitrogens with zero attached hydrogens (tertiary/aromatic N) is 3. The Morgan fingerprint density at radius 1 is 1.07 bits per heavy atom. The molecule has 0 spiro atoms. The molecule has 2 aliphatic rings. The van der Waals surface area contributed by atoms with Gasteiger partial charge in [0.05, 0.1) is 12.6 Å². The summed E-state index contributed by atoms with van der Waals surface area (Å²) in [5.74, 6) is 2.91. The molecule has 1 heterocycles. The summed E-state index contributed by atoms with van der Waals surface area (Å²) in [4.78, 5) is 55.2. The van der Waals surface area contributed by atoms with Crippen molar-refractivity contribution in [1.82, 2.24) is 20.0 Å². The van der Waals surface area contributed by atoms with Gasteiger partial charge in [0, 0.05) is 41.9 Å². The minimum atomic E-state index is -0.565. The van der Waals surface area contributed by atoms with Crippen LogP contribution in [0, 0.1) is 11.8 Å². The van der Waals surface area contributed by atoms with Crippen molar-refractivity contribution in [2.45, 2.75) is 96.7 Å². The van der Waals surface area contributed by atoms with Crippen LogP contribution in [0.2, 0.25) is 10.0 Å². The molecule has 1 saturated carbocycles. The predicted octanol–water partition coefficient (Wildman–Crippen LogP) is 5.97. The number of nitrogens with one attached hydrogen (secondary N) is 1. The van der Waals surface area contributed by atoms with Crippen LogP contribution in [0.3, 0.4) is 0 Å². The van der Waals surface area contributed by atoms with Crippen molar-refractivity contribution in [2.24, 2.45) is 11.8 Å². The normalized spacial score (nSPS) is 17.5. The van der Waals surface area contributed by atoms with Gasteiger partial charge in [-0.25, -0.2) is 0 Å². The molecule has 3 rings (SSSR count).